The van der Waals surface area contributed by atoms with E-state index in [9.17, 15) is 4.79 Å². The average Bonchev–Trinajstić information content (AvgIpc) is 2.16. The van der Waals surface area contributed by atoms with E-state index in [1.54, 1.807) is 0 Å². The van der Waals surface area contributed by atoms with Crippen LogP contribution in [0, 0.1) is 0 Å². The van der Waals surface area contributed by atoms with E-state index in [0.717, 1.165) is 6.08 Å². The zero-order valence-corrected chi connectivity index (χ0v) is 8.67. The van der Waals surface area contributed by atoms with E-state index in [1.165, 1.54) is 40.0 Å². The summed E-state index contributed by atoms with van der Waals surface area (Å²) in [4.78, 5) is 19.1. The van der Waals surface area contributed by atoms with Gasteiger partial charge in [-0.1, -0.05) is 6.58 Å². The van der Waals surface area contributed by atoms with Gasteiger partial charge in [-0.2, -0.15) is 0 Å². The molecule has 4 bridgehead atoms. The molecule has 4 fully saturated rings. The van der Waals surface area contributed by atoms with Crippen LogP contribution in [0.5, 0.6) is 0 Å². The minimum atomic E-state index is -0.981. The third-order valence-corrected chi connectivity index (χ3v) is 2.57. The van der Waals surface area contributed by atoms with Crippen LogP contribution in [0.2, 0.25) is 0 Å². The third kappa shape index (κ3) is 2.54. The summed E-state index contributed by atoms with van der Waals surface area (Å²) in [7, 11) is 0. The molecule has 0 aromatic rings. The second-order valence-electron chi connectivity index (χ2n) is 4.07. The lowest BCUT2D eigenvalue weighted by atomic mass is 10.4. The zero-order valence-electron chi connectivity index (χ0n) is 8.67. The highest BCUT2D eigenvalue weighted by Gasteiger charge is 2.36. The molecule has 4 aliphatic heterocycles. The lowest BCUT2D eigenvalue weighted by Gasteiger charge is -2.56. The fourth-order valence-electron chi connectivity index (χ4n) is 2.23. The van der Waals surface area contributed by atoms with Gasteiger partial charge in [0.25, 0.3) is 0 Å². The maximum absolute atomic E-state index is 9.25. The van der Waals surface area contributed by atoms with Gasteiger partial charge in [-0.3, -0.25) is 19.6 Å². The van der Waals surface area contributed by atoms with E-state index in [4.69, 9.17) is 5.11 Å². The Morgan fingerprint density at radius 2 is 1.13 bits per heavy atom. The van der Waals surface area contributed by atoms with Crippen molar-refractivity contribution in [2.24, 2.45) is 0 Å². The second-order valence-corrected chi connectivity index (χ2v) is 4.07. The summed E-state index contributed by atoms with van der Waals surface area (Å²) >= 11 is 0. The van der Waals surface area contributed by atoms with Gasteiger partial charge in [0.2, 0.25) is 0 Å². The number of hydrogen-bond acceptors (Lipinski definition) is 5. The molecule has 4 rings (SSSR count). The molecule has 0 radical (unpaired) electrons. The predicted octanol–water partition coefficient (Wildman–Crippen LogP) is -0.763. The van der Waals surface area contributed by atoms with Crippen LogP contribution in [0.3, 0.4) is 0 Å². The molecule has 6 nitrogen and oxygen atoms in total. The van der Waals surface area contributed by atoms with Gasteiger partial charge in [-0.15, -0.1) is 0 Å². The van der Waals surface area contributed by atoms with Gasteiger partial charge in [0.1, 0.15) is 0 Å². The van der Waals surface area contributed by atoms with Gasteiger partial charge in [0, 0.05) is 6.08 Å². The van der Waals surface area contributed by atoms with Crippen LogP contribution in [0.25, 0.3) is 0 Å². The van der Waals surface area contributed by atoms with Crippen molar-refractivity contribution in [3.8, 4) is 0 Å². The molecule has 84 valence electrons. The minimum absolute atomic E-state index is 0.833. The molecule has 4 aliphatic rings. The van der Waals surface area contributed by atoms with Crippen LogP contribution in [-0.4, -0.2) is 70.7 Å². The van der Waals surface area contributed by atoms with Gasteiger partial charge in [0.05, 0.1) is 40.0 Å². The molecule has 0 spiro atoms. The molecule has 0 aromatic heterocycles. The van der Waals surface area contributed by atoms with E-state index in [1.807, 2.05) is 0 Å². The maximum Gasteiger partial charge on any atom is 0.327 e. The quantitative estimate of drug-likeness (QED) is 0.576. The highest BCUT2D eigenvalue weighted by molar-refractivity contribution is 5.78. The summed E-state index contributed by atoms with van der Waals surface area (Å²) in [6.45, 7) is 10.1. The smallest absolute Gasteiger partial charge is 0.327 e. The number of hydrogen-bond donors (Lipinski definition) is 1. The van der Waals surface area contributed by atoms with Crippen LogP contribution in [0.4, 0.5) is 0 Å². The van der Waals surface area contributed by atoms with Crippen molar-refractivity contribution < 1.29 is 9.90 Å². The van der Waals surface area contributed by atoms with Crippen molar-refractivity contribution in [2.75, 3.05) is 40.0 Å². The number of carboxylic acids is 1. The standard InChI is InChI=1S/C6H12N4.C3H4O2/c1-7-2-9-4-8(1)5-10(3-7)6-9;1-2-3(4)5/h1-6H2;2H,1H2,(H,4,5). The molecule has 0 aromatic carbocycles. The first kappa shape index (κ1) is 10.6. The molecule has 1 N–H and O–H groups in total. The highest BCUT2D eigenvalue weighted by atomic mass is 16.4. The highest BCUT2D eigenvalue weighted by Crippen LogP contribution is 2.20. The molecular weight excluding hydrogens is 196 g/mol. The van der Waals surface area contributed by atoms with Gasteiger partial charge >= 0.3 is 5.97 Å². The fraction of sp³-hybridized carbons (Fsp3) is 0.667. The summed E-state index contributed by atoms with van der Waals surface area (Å²) in [5.74, 6) is -0.981. The number of rotatable bonds is 1. The summed E-state index contributed by atoms with van der Waals surface area (Å²) in [5, 5.41) is 7.60. The van der Waals surface area contributed by atoms with E-state index in [0.29, 0.717) is 0 Å². The van der Waals surface area contributed by atoms with Crippen molar-refractivity contribution in [1.82, 2.24) is 19.6 Å². The summed E-state index contributed by atoms with van der Waals surface area (Å²) in [5.41, 5.74) is 0. The second kappa shape index (κ2) is 4.28. The largest absolute Gasteiger partial charge is 0.478 e. The summed E-state index contributed by atoms with van der Waals surface area (Å²) in [6.07, 6.45) is 0.833. The minimum Gasteiger partial charge on any atom is -0.478 e. The summed E-state index contributed by atoms with van der Waals surface area (Å²) < 4.78 is 0. The molecule has 0 amide bonds. The van der Waals surface area contributed by atoms with Crippen molar-refractivity contribution in [3.63, 3.8) is 0 Å². The number of carboxylic acid groups (broad SMARTS) is 1. The molecule has 4 saturated heterocycles. The van der Waals surface area contributed by atoms with Crippen LogP contribution in [0.15, 0.2) is 12.7 Å². The van der Waals surface area contributed by atoms with E-state index < -0.39 is 5.97 Å². The lowest BCUT2D eigenvalue weighted by Crippen LogP contribution is -2.71. The molecule has 0 atom stereocenters. The lowest BCUT2D eigenvalue weighted by molar-refractivity contribution is -0.194. The van der Waals surface area contributed by atoms with Crippen LogP contribution < -0.4 is 0 Å². The first-order valence-corrected chi connectivity index (χ1v) is 4.92. The molecular formula is C9H16N4O2. The van der Waals surface area contributed by atoms with E-state index >= 15 is 0 Å². The van der Waals surface area contributed by atoms with Gasteiger partial charge in [-0.25, -0.2) is 4.79 Å². The van der Waals surface area contributed by atoms with Gasteiger partial charge < -0.3 is 5.11 Å². The van der Waals surface area contributed by atoms with Gasteiger partial charge in [-0.05, 0) is 0 Å². The summed E-state index contributed by atoms with van der Waals surface area (Å²) in [6, 6.07) is 0. The Morgan fingerprint density at radius 1 is 0.933 bits per heavy atom. The molecule has 0 saturated carbocycles. The molecule has 15 heavy (non-hydrogen) atoms. The molecule has 4 heterocycles. The zero-order chi connectivity index (χ0) is 10.8. The fourth-order valence-corrected chi connectivity index (χ4v) is 2.23. The van der Waals surface area contributed by atoms with Gasteiger partial charge in [0.15, 0.2) is 0 Å². The number of nitrogens with zero attached hydrogens (tertiary/aromatic N) is 4. The Kier molecular flexibility index (Phi) is 3.01. The van der Waals surface area contributed by atoms with E-state index in [2.05, 4.69) is 26.2 Å². The Labute approximate surface area is 89.0 Å². The maximum atomic E-state index is 9.25. The SMILES string of the molecule is C1N2CN3CN1CN(C2)C3.C=CC(=O)O. The van der Waals surface area contributed by atoms with Crippen molar-refractivity contribution in [2.45, 2.75) is 0 Å². The number of aliphatic carboxylic acids is 1. The van der Waals surface area contributed by atoms with Crippen molar-refractivity contribution in [3.05, 3.63) is 12.7 Å². The Morgan fingerprint density at radius 3 is 1.27 bits per heavy atom. The Bertz CT molecular complexity index is 212. The molecule has 0 unspecified atom stereocenters. The Hall–Kier alpha value is -0.950. The van der Waals surface area contributed by atoms with E-state index in [-0.39, 0.29) is 0 Å². The van der Waals surface area contributed by atoms with Crippen molar-refractivity contribution >= 4 is 5.97 Å². The monoisotopic (exact) mass is 212 g/mol. The third-order valence-electron chi connectivity index (χ3n) is 2.57. The first-order valence-electron chi connectivity index (χ1n) is 4.92. The topological polar surface area (TPSA) is 50.3 Å². The molecule has 0 aliphatic carbocycles. The van der Waals surface area contributed by atoms with Crippen LogP contribution >= 0.6 is 0 Å². The van der Waals surface area contributed by atoms with Crippen LogP contribution in [-0.2, 0) is 4.79 Å². The first-order chi connectivity index (χ1) is 7.17. The van der Waals surface area contributed by atoms with Crippen LogP contribution in [0.1, 0.15) is 0 Å². The molecule has 6 heteroatoms. The Balaban J connectivity index is 0.000000149. The normalized spacial score (nSPS) is 40.5. The predicted molar refractivity (Wildman–Crippen MR) is 54.4 cm³/mol. The number of carbonyl (C=O) groups is 1. The van der Waals surface area contributed by atoms with Crippen molar-refractivity contribution in [1.29, 1.82) is 0 Å². The average molecular weight is 212 g/mol.